The first-order chi connectivity index (χ1) is 7.81. The third kappa shape index (κ3) is 7.60. The van der Waals surface area contributed by atoms with Crippen LogP contribution in [0, 0.1) is 5.92 Å². The summed E-state index contributed by atoms with van der Waals surface area (Å²) in [6.07, 6.45) is -3.38. The van der Waals surface area contributed by atoms with Crippen LogP contribution in [-0.2, 0) is 0 Å². The Balaban J connectivity index is 4.58. The molecule has 104 valence electrons. The van der Waals surface area contributed by atoms with E-state index in [1.165, 1.54) is 0 Å². The lowest BCUT2D eigenvalue weighted by Gasteiger charge is -2.35. The minimum Gasteiger partial charge on any atom is -0.315 e. The molecule has 0 aromatic heterocycles. The van der Waals surface area contributed by atoms with E-state index in [9.17, 15) is 13.2 Å². The lowest BCUT2D eigenvalue weighted by atomic mass is 10.0. The molecule has 0 aromatic rings. The highest BCUT2D eigenvalue weighted by atomic mass is 19.4. The van der Waals surface area contributed by atoms with E-state index in [0.717, 1.165) is 13.0 Å². The van der Waals surface area contributed by atoms with Crippen LogP contribution >= 0.6 is 0 Å². The highest BCUT2D eigenvalue weighted by Gasteiger charge is 2.34. The number of halogens is 3. The minimum absolute atomic E-state index is 0.0588. The van der Waals surface area contributed by atoms with E-state index in [2.05, 4.69) is 5.32 Å². The highest BCUT2D eigenvalue weighted by molar-refractivity contribution is 4.78. The Morgan fingerprint density at radius 3 is 2.12 bits per heavy atom. The normalized spacial score (nSPS) is 14.6. The highest BCUT2D eigenvalue weighted by Crippen LogP contribution is 2.20. The average Bonchev–Trinajstić information content (AvgIpc) is 2.15. The molecular weight excluding hydrogens is 229 g/mol. The van der Waals surface area contributed by atoms with E-state index < -0.39 is 12.7 Å². The van der Waals surface area contributed by atoms with E-state index in [4.69, 9.17) is 0 Å². The molecule has 1 unspecified atom stereocenters. The summed E-state index contributed by atoms with van der Waals surface area (Å²) in [5, 5.41) is 3.15. The van der Waals surface area contributed by atoms with Crippen molar-refractivity contribution in [3.8, 4) is 0 Å². The molecule has 0 rings (SSSR count). The molecule has 1 N–H and O–H groups in total. The molecule has 2 nitrogen and oxygen atoms in total. The standard InChI is InChI=1S/C12H25F3N2/c1-5-7-17(9-12(13,14)15)11(10(3)4)8-16-6-2/h10-11,16H,5-9H2,1-4H3. The fraction of sp³-hybridized carbons (Fsp3) is 1.00. The summed E-state index contributed by atoms with van der Waals surface area (Å²) in [5.41, 5.74) is 0. The van der Waals surface area contributed by atoms with Crippen molar-refractivity contribution >= 4 is 0 Å². The first kappa shape index (κ1) is 16.7. The van der Waals surface area contributed by atoms with Crippen LogP contribution in [0.15, 0.2) is 0 Å². The van der Waals surface area contributed by atoms with Crippen LogP contribution in [0.4, 0.5) is 13.2 Å². The fourth-order valence-electron chi connectivity index (χ4n) is 1.96. The van der Waals surface area contributed by atoms with Crippen molar-refractivity contribution < 1.29 is 13.2 Å². The smallest absolute Gasteiger partial charge is 0.315 e. The van der Waals surface area contributed by atoms with E-state index >= 15 is 0 Å². The van der Waals surface area contributed by atoms with E-state index in [-0.39, 0.29) is 12.0 Å². The van der Waals surface area contributed by atoms with Crippen LogP contribution in [0.2, 0.25) is 0 Å². The Morgan fingerprint density at radius 1 is 1.18 bits per heavy atom. The molecule has 0 heterocycles. The quantitative estimate of drug-likeness (QED) is 0.716. The van der Waals surface area contributed by atoms with Crippen LogP contribution in [0.25, 0.3) is 0 Å². The lowest BCUT2D eigenvalue weighted by Crippen LogP contribution is -2.49. The van der Waals surface area contributed by atoms with Crippen molar-refractivity contribution in [2.45, 2.75) is 46.3 Å². The molecule has 0 bridgehead atoms. The molecule has 17 heavy (non-hydrogen) atoms. The maximum Gasteiger partial charge on any atom is 0.401 e. The van der Waals surface area contributed by atoms with Crippen LogP contribution in [0.3, 0.4) is 0 Å². The van der Waals surface area contributed by atoms with Crippen molar-refractivity contribution in [1.82, 2.24) is 10.2 Å². The van der Waals surface area contributed by atoms with Gasteiger partial charge >= 0.3 is 6.18 Å². The lowest BCUT2D eigenvalue weighted by molar-refractivity contribution is -0.152. The van der Waals surface area contributed by atoms with Gasteiger partial charge in [-0.15, -0.1) is 0 Å². The molecule has 0 saturated heterocycles. The number of rotatable bonds is 8. The summed E-state index contributed by atoms with van der Waals surface area (Å²) < 4.78 is 37.5. The van der Waals surface area contributed by atoms with Crippen LogP contribution in [-0.4, -0.2) is 43.3 Å². The number of alkyl halides is 3. The maximum atomic E-state index is 12.5. The first-order valence-electron chi connectivity index (χ1n) is 6.33. The molecule has 0 radical (unpaired) electrons. The summed E-state index contributed by atoms with van der Waals surface area (Å²) in [5.74, 6) is 0.211. The summed E-state index contributed by atoms with van der Waals surface area (Å²) in [6.45, 7) is 8.91. The number of nitrogens with zero attached hydrogens (tertiary/aromatic N) is 1. The molecule has 0 amide bonds. The molecule has 0 aliphatic carbocycles. The fourth-order valence-corrected chi connectivity index (χ4v) is 1.96. The van der Waals surface area contributed by atoms with Gasteiger partial charge in [0.05, 0.1) is 6.54 Å². The van der Waals surface area contributed by atoms with Crippen LogP contribution < -0.4 is 5.32 Å². The Hall–Kier alpha value is -0.290. The third-order valence-corrected chi connectivity index (χ3v) is 2.74. The van der Waals surface area contributed by atoms with Crippen molar-refractivity contribution in [3.63, 3.8) is 0 Å². The molecule has 0 fully saturated rings. The van der Waals surface area contributed by atoms with Gasteiger partial charge in [-0.25, -0.2) is 0 Å². The van der Waals surface area contributed by atoms with Crippen molar-refractivity contribution in [1.29, 1.82) is 0 Å². The molecule has 1 atom stereocenters. The molecular formula is C12H25F3N2. The van der Waals surface area contributed by atoms with Crippen LogP contribution in [0.1, 0.15) is 34.1 Å². The van der Waals surface area contributed by atoms with Gasteiger partial charge in [0, 0.05) is 12.6 Å². The summed E-state index contributed by atoms with van der Waals surface area (Å²) >= 11 is 0. The largest absolute Gasteiger partial charge is 0.401 e. The zero-order valence-corrected chi connectivity index (χ0v) is 11.3. The molecule has 0 aliphatic rings. The molecule has 0 saturated carbocycles. The SMILES string of the molecule is CCCN(CC(F)(F)F)C(CNCC)C(C)C. The van der Waals surface area contributed by atoms with Gasteiger partial charge in [0.2, 0.25) is 0 Å². The number of likely N-dealkylation sites (N-methyl/N-ethyl adjacent to an activating group) is 1. The summed E-state index contributed by atoms with van der Waals surface area (Å²) in [7, 11) is 0. The third-order valence-electron chi connectivity index (χ3n) is 2.74. The number of hydrogen-bond donors (Lipinski definition) is 1. The predicted octanol–water partition coefficient (Wildman–Crippen LogP) is 2.89. The average molecular weight is 254 g/mol. The topological polar surface area (TPSA) is 15.3 Å². The van der Waals surface area contributed by atoms with E-state index in [1.807, 2.05) is 27.7 Å². The van der Waals surface area contributed by atoms with E-state index in [1.54, 1.807) is 4.90 Å². The van der Waals surface area contributed by atoms with Gasteiger partial charge < -0.3 is 5.32 Å². The molecule has 0 aromatic carbocycles. The van der Waals surface area contributed by atoms with Crippen molar-refractivity contribution in [2.75, 3.05) is 26.2 Å². The van der Waals surface area contributed by atoms with Crippen molar-refractivity contribution in [3.05, 3.63) is 0 Å². The Labute approximate surface area is 103 Å². The van der Waals surface area contributed by atoms with Gasteiger partial charge in [0.1, 0.15) is 0 Å². The van der Waals surface area contributed by atoms with Gasteiger partial charge in [0.25, 0.3) is 0 Å². The molecule has 0 spiro atoms. The predicted molar refractivity (Wildman–Crippen MR) is 65.1 cm³/mol. The van der Waals surface area contributed by atoms with Gasteiger partial charge in [-0.2, -0.15) is 13.2 Å². The zero-order chi connectivity index (χ0) is 13.5. The minimum atomic E-state index is -4.12. The van der Waals surface area contributed by atoms with E-state index in [0.29, 0.717) is 13.1 Å². The summed E-state index contributed by atoms with van der Waals surface area (Å²) in [4.78, 5) is 1.55. The van der Waals surface area contributed by atoms with Crippen LogP contribution in [0.5, 0.6) is 0 Å². The monoisotopic (exact) mass is 254 g/mol. The maximum absolute atomic E-state index is 12.5. The summed E-state index contributed by atoms with van der Waals surface area (Å²) in [6, 6.07) is -0.0588. The van der Waals surface area contributed by atoms with Gasteiger partial charge in [-0.3, -0.25) is 4.90 Å². The second-order valence-electron chi connectivity index (χ2n) is 4.70. The molecule has 0 aliphatic heterocycles. The zero-order valence-electron chi connectivity index (χ0n) is 11.3. The Kier molecular flexibility index (Phi) is 7.79. The Bertz CT molecular complexity index is 193. The van der Waals surface area contributed by atoms with Gasteiger partial charge in [-0.05, 0) is 25.4 Å². The number of nitrogens with one attached hydrogen (secondary N) is 1. The second-order valence-corrected chi connectivity index (χ2v) is 4.70. The van der Waals surface area contributed by atoms with Crippen molar-refractivity contribution in [2.24, 2.45) is 5.92 Å². The van der Waals surface area contributed by atoms with Gasteiger partial charge in [-0.1, -0.05) is 27.7 Å². The molecule has 5 heteroatoms. The Morgan fingerprint density at radius 2 is 1.76 bits per heavy atom. The van der Waals surface area contributed by atoms with Gasteiger partial charge in [0.15, 0.2) is 0 Å². The first-order valence-corrected chi connectivity index (χ1v) is 6.33. The second kappa shape index (κ2) is 7.93. The number of hydrogen-bond acceptors (Lipinski definition) is 2.